The highest BCUT2D eigenvalue weighted by Crippen LogP contribution is 2.25. The van der Waals surface area contributed by atoms with Gasteiger partial charge in [0.05, 0.1) is 0 Å². The number of pyridine rings is 1. The molecule has 1 aromatic heterocycles. The van der Waals surface area contributed by atoms with E-state index in [-0.39, 0.29) is 5.78 Å². The van der Waals surface area contributed by atoms with Crippen LogP contribution in [0, 0.1) is 0 Å². The molecular formula is C17H15NO. The number of rotatable bonds is 1. The predicted molar refractivity (Wildman–Crippen MR) is 75.9 cm³/mol. The molecule has 2 aromatic rings. The van der Waals surface area contributed by atoms with Crippen LogP contribution in [-0.4, -0.2) is 10.8 Å². The molecule has 0 saturated carbocycles. The zero-order valence-electron chi connectivity index (χ0n) is 10.7. The Kier molecular flexibility index (Phi) is 3.23. The lowest BCUT2D eigenvalue weighted by atomic mass is 9.99. The van der Waals surface area contributed by atoms with Gasteiger partial charge in [0.1, 0.15) is 0 Å². The smallest absolute Gasteiger partial charge is 0.189 e. The maximum absolute atomic E-state index is 12.6. The Bertz CT molecular complexity index is 629. The van der Waals surface area contributed by atoms with Crippen LogP contribution < -0.4 is 0 Å². The van der Waals surface area contributed by atoms with Crippen LogP contribution in [0.3, 0.4) is 0 Å². The van der Waals surface area contributed by atoms with Crippen LogP contribution in [0.4, 0.5) is 0 Å². The second-order valence-corrected chi connectivity index (χ2v) is 4.80. The molecule has 0 aliphatic heterocycles. The Morgan fingerprint density at radius 2 is 1.95 bits per heavy atom. The molecule has 0 unspecified atom stereocenters. The Labute approximate surface area is 112 Å². The maximum Gasteiger partial charge on any atom is 0.189 e. The van der Waals surface area contributed by atoms with Gasteiger partial charge >= 0.3 is 0 Å². The number of ketones is 1. The van der Waals surface area contributed by atoms with Gasteiger partial charge in [0.2, 0.25) is 0 Å². The quantitative estimate of drug-likeness (QED) is 0.570. The third-order valence-corrected chi connectivity index (χ3v) is 3.47. The monoisotopic (exact) mass is 249 g/mol. The minimum Gasteiger partial charge on any atom is -0.289 e. The first kappa shape index (κ1) is 11.8. The number of hydrogen-bond acceptors (Lipinski definition) is 2. The molecule has 0 amide bonds. The van der Waals surface area contributed by atoms with Gasteiger partial charge in [-0.3, -0.25) is 9.78 Å². The van der Waals surface area contributed by atoms with Gasteiger partial charge in [0.15, 0.2) is 5.78 Å². The topological polar surface area (TPSA) is 30.0 Å². The molecule has 0 N–H and O–H groups in total. The molecule has 1 aliphatic carbocycles. The molecule has 1 aromatic carbocycles. The molecular weight excluding hydrogens is 234 g/mol. The van der Waals surface area contributed by atoms with E-state index in [1.165, 1.54) is 5.56 Å². The van der Waals surface area contributed by atoms with Crippen molar-refractivity contribution in [3.05, 3.63) is 71.1 Å². The number of allylic oxidation sites excluding steroid dienone is 1. The number of aromatic nitrogens is 1. The van der Waals surface area contributed by atoms with E-state index in [0.29, 0.717) is 0 Å². The fraction of sp³-hybridized carbons (Fsp3) is 0.176. The summed E-state index contributed by atoms with van der Waals surface area (Å²) in [6.45, 7) is 0. The number of benzene rings is 1. The molecule has 19 heavy (non-hydrogen) atoms. The van der Waals surface area contributed by atoms with Gasteiger partial charge in [-0.1, -0.05) is 30.3 Å². The largest absolute Gasteiger partial charge is 0.289 e. The first-order chi connectivity index (χ1) is 9.34. The Morgan fingerprint density at radius 1 is 1.05 bits per heavy atom. The Hall–Kier alpha value is -2.22. The van der Waals surface area contributed by atoms with Crippen LogP contribution >= 0.6 is 0 Å². The summed E-state index contributed by atoms with van der Waals surface area (Å²) in [6.07, 6.45) is 8.34. The summed E-state index contributed by atoms with van der Waals surface area (Å²) in [6, 6.07) is 11.8. The zero-order chi connectivity index (χ0) is 13.1. The van der Waals surface area contributed by atoms with Gasteiger partial charge in [-0.2, -0.15) is 0 Å². The molecule has 2 heteroatoms. The number of carbonyl (C=O) groups is 1. The van der Waals surface area contributed by atoms with Crippen molar-refractivity contribution in [1.29, 1.82) is 0 Å². The van der Waals surface area contributed by atoms with E-state index in [2.05, 4.69) is 11.1 Å². The van der Waals surface area contributed by atoms with E-state index in [1.54, 1.807) is 12.4 Å². The van der Waals surface area contributed by atoms with Crippen LogP contribution in [-0.2, 0) is 6.42 Å². The molecule has 0 spiro atoms. The number of Topliss-reactive ketones (excluding diaryl/α,β-unsaturated/α-hetero) is 1. The number of hydrogen-bond donors (Lipinski definition) is 0. The fourth-order valence-corrected chi connectivity index (χ4v) is 2.52. The third kappa shape index (κ3) is 2.48. The average molecular weight is 249 g/mol. The number of aryl methyl sites for hydroxylation is 1. The summed E-state index contributed by atoms with van der Waals surface area (Å²) in [7, 11) is 0. The van der Waals surface area contributed by atoms with Gasteiger partial charge in [-0.15, -0.1) is 0 Å². The average Bonchev–Trinajstić information content (AvgIpc) is 2.61. The Morgan fingerprint density at radius 3 is 2.79 bits per heavy atom. The van der Waals surface area contributed by atoms with Crippen molar-refractivity contribution in [3.8, 4) is 0 Å². The van der Waals surface area contributed by atoms with Crippen LogP contribution in [0.1, 0.15) is 34.3 Å². The summed E-state index contributed by atoms with van der Waals surface area (Å²) in [5.74, 6) is 0.164. The molecule has 0 bridgehead atoms. The number of carbonyl (C=O) groups excluding carboxylic acids is 1. The van der Waals surface area contributed by atoms with Gasteiger partial charge in [-0.25, -0.2) is 0 Å². The third-order valence-electron chi connectivity index (χ3n) is 3.47. The molecule has 3 rings (SSSR count). The lowest BCUT2D eigenvalue weighted by molar-refractivity contribution is 0.103. The molecule has 0 radical (unpaired) electrons. The first-order valence-electron chi connectivity index (χ1n) is 6.58. The molecule has 2 nitrogen and oxygen atoms in total. The van der Waals surface area contributed by atoms with Crippen LogP contribution in [0.2, 0.25) is 0 Å². The minimum absolute atomic E-state index is 0.164. The second-order valence-electron chi connectivity index (χ2n) is 4.80. The zero-order valence-corrected chi connectivity index (χ0v) is 10.7. The molecule has 1 heterocycles. The minimum atomic E-state index is 0.164. The van der Waals surface area contributed by atoms with E-state index in [4.69, 9.17) is 0 Å². The van der Waals surface area contributed by atoms with Crippen molar-refractivity contribution in [1.82, 2.24) is 4.98 Å². The van der Waals surface area contributed by atoms with E-state index >= 15 is 0 Å². The van der Waals surface area contributed by atoms with Crippen LogP contribution in [0.25, 0.3) is 6.08 Å². The SMILES string of the molecule is O=C1C(=Cc2cccnc2)CCCc2ccccc21. The van der Waals surface area contributed by atoms with Crippen molar-refractivity contribution >= 4 is 11.9 Å². The first-order valence-corrected chi connectivity index (χ1v) is 6.58. The molecule has 0 atom stereocenters. The van der Waals surface area contributed by atoms with Crippen molar-refractivity contribution in [3.63, 3.8) is 0 Å². The lowest BCUT2D eigenvalue weighted by Gasteiger charge is -2.04. The Balaban J connectivity index is 2.01. The van der Waals surface area contributed by atoms with Gasteiger partial charge in [-0.05, 0) is 42.5 Å². The highest BCUT2D eigenvalue weighted by molar-refractivity contribution is 6.12. The number of fused-ring (bicyclic) bond motifs is 1. The van der Waals surface area contributed by atoms with E-state index in [0.717, 1.165) is 36.0 Å². The van der Waals surface area contributed by atoms with Gasteiger partial charge in [0, 0.05) is 23.5 Å². The summed E-state index contributed by atoms with van der Waals surface area (Å²) in [4.78, 5) is 16.6. The molecule has 0 saturated heterocycles. The normalized spacial score (nSPS) is 17.1. The summed E-state index contributed by atoms with van der Waals surface area (Å²) >= 11 is 0. The van der Waals surface area contributed by atoms with E-state index in [9.17, 15) is 4.79 Å². The van der Waals surface area contributed by atoms with Crippen molar-refractivity contribution in [2.45, 2.75) is 19.3 Å². The van der Waals surface area contributed by atoms with E-state index < -0.39 is 0 Å². The van der Waals surface area contributed by atoms with Crippen molar-refractivity contribution in [2.24, 2.45) is 0 Å². The van der Waals surface area contributed by atoms with E-state index in [1.807, 2.05) is 36.4 Å². The fourth-order valence-electron chi connectivity index (χ4n) is 2.52. The van der Waals surface area contributed by atoms with Crippen molar-refractivity contribution in [2.75, 3.05) is 0 Å². The predicted octanol–water partition coefficient (Wildman–Crippen LogP) is 3.68. The standard InChI is InChI=1S/C17H15NO/c19-17-15(11-13-5-4-10-18-12-13)8-3-7-14-6-1-2-9-16(14)17/h1-2,4-6,9-12H,3,7-8H2. The molecule has 94 valence electrons. The lowest BCUT2D eigenvalue weighted by Crippen LogP contribution is -2.03. The summed E-state index contributed by atoms with van der Waals surface area (Å²) in [5.41, 5.74) is 3.90. The number of nitrogens with zero attached hydrogens (tertiary/aromatic N) is 1. The summed E-state index contributed by atoms with van der Waals surface area (Å²) in [5, 5.41) is 0. The van der Waals surface area contributed by atoms with Crippen LogP contribution in [0.5, 0.6) is 0 Å². The highest BCUT2D eigenvalue weighted by Gasteiger charge is 2.19. The molecule has 1 aliphatic rings. The second kappa shape index (κ2) is 5.19. The molecule has 0 fully saturated rings. The highest BCUT2D eigenvalue weighted by atomic mass is 16.1. The van der Waals surface area contributed by atoms with Gasteiger partial charge in [0.25, 0.3) is 0 Å². The van der Waals surface area contributed by atoms with Crippen molar-refractivity contribution < 1.29 is 4.79 Å². The van der Waals surface area contributed by atoms with Gasteiger partial charge < -0.3 is 0 Å². The van der Waals surface area contributed by atoms with Crippen LogP contribution in [0.15, 0.2) is 54.4 Å². The maximum atomic E-state index is 12.6. The summed E-state index contributed by atoms with van der Waals surface area (Å²) < 4.78 is 0.